The average molecular weight is 338 g/mol. The van der Waals surface area contributed by atoms with Crippen molar-refractivity contribution in [2.45, 2.75) is 13.5 Å². The lowest BCUT2D eigenvalue weighted by molar-refractivity contribution is -0.384. The van der Waals surface area contributed by atoms with Crippen LogP contribution in [0.5, 0.6) is 0 Å². The smallest absolute Gasteiger partial charge is 0.292 e. The largest absolute Gasteiger partial charge is 0.393 e. The highest BCUT2D eigenvalue weighted by molar-refractivity contribution is 9.10. The lowest BCUT2D eigenvalue weighted by Gasteiger charge is -2.08. The van der Waals surface area contributed by atoms with Crippen LogP contribution in [0.3, 0.4) is 0 Å². The van der Waals surface area contributed by atoms with Crippen molar-refractivity contribution in [2.24, 2.45) is 0 Å². The summed E-state index contributed by atoms with van der Waals surface area (Å²) >= 11 is 3.32. The number of nitrogens with zero attached hydrogens (tertiary/aromatic N) is 2. The van der Waals surface area contributed by atoms with Crippen molar-refractivity contribution in [2.75, 3.05) is 5.73 Å². The van der Waals surface area contributed by atoms with Crippen molar-refractivity contribution >= 4 is 27.3 Å². The lowest BCUT2D eigenvalue weighted by Crippen LogP contribution is -2.22. The number of anilines is 1. The second-order valence-corrected chi connectivity index (χ2v) is 5.34. The van der Waals surface area contributed by atoms with Crippen molar-refractivity contribution in [1.82, 2.24) is 4.57 Å². The predicted octanol–water partition coefficient (Wildman–Crippen LogP) is 2.46. The number of nitrogen functional groups attached to an aromatic ring is 1. The Morgan fingerprint density at radius 2 is 2.10 bits per heavy atom. The zero-order valence-corrected chi connectivity index (χ0v) is 12.3. The van der Waals surface area contributed by atoms with Crippen LogP contribution in [0.15, 0.2) is 39.7 Å². The van der Waals surface area contributed by atoms with Crippen molar-refractivity contribution in [3.05, 3.63) is 66.5 Å². The van der Waals surface area contributed by atoms with Crippen LogP contribution in [0, 0.1) is 17.0 Å². The van der Waals surface area contributed by atoms with Gasteiger partial charge in [0.25, 0.3) is 11.2 Å². The van der Waals surface area contributed by atoms with E-state index in [1.165, 1.54) is 16.7 Å². The van der Waals surface area contributed by atoms with Gasteiger partial charge in [-0.2, -0.15) is 0 Å². The van der Waals surface area contributed by atoms with Gasteiger partial charge >= 0.3 is 0 Å². The Kier molecular flexibility index (Phi) is 3.89. The molecule has 0 aliphatic heterocycles. The Bertz CT molecular complexity index is 740. The highest BCUT2D eigenvalue weighted by Crippen LogP contribution is 2.22. The molecule has 2 N–H and O–H groups in total. The second-order valence-electron chi connectivity index (χ2n) is 4.42. The van der Waals surface area contributed by atoms with Crippen LogP contribution in [0.1, 0.15) is 11.1 Å². The maximum Gasteiger partial charge on any atom is 0.292 e. The predicted molar refractivity (Wildman–Crippen MR) is 79.7 cm³/mol. The number of nitro groups is 1. The van der Waals surface area contributed by atoms with Gasteiger partial charge in [0.15, 0.2) is 0 Å². The molecule has 7 heteroatoms. The quantitative estimate of drug-likeness (QED) is 0.529. The molecule has 2 aromatic rings. The van der Waals surface area contributed by atoms with Crippen molar-refractivity contribution < 1.29 is 4.92 Å². The number of nitrogens with two attached hydrogens (primary N) is 1. The molecule has 0 aliphatic rings. The number of pyridine rings is 1. The Hall–Kier alpha value is -2.15. The molecule has 6 nitrogen and oxygen atoms in total. The van der Waals surface area contributed by atoms with Crippen molar-refractivity contribution in [3.63, 3.8) is 0 Å². The van der Waals surface area contributed by atoms with Gasteiger partial charge in [0, 0.05) is 22.3 Å². The van der Waals surface area contributed by atoms with Gasteiger partial charge in [0.1, 0.15) is 5.69 Å². The van der Waals surface area contributed by atoms with E-state index in [1.807, 2.05) is 0 Å². The zero-order chi connectivity index (χ0) is 14.9. The Labute approximate surface area is 123 Å². The van der Waals surface area contributed by atoms with Gasteiger partial charge in [-0.3, -0.25) is 14.9 Å². The molecule has 2 rings (SSSR count). The Morgan fingerprint density at radius 3 is 2.75 bits per heavy atom. The van der Waals surface area contributed by atoms with Gasteiger partial charge in [-0.25, -0.2) is 0 Å². The minimum Gasteiger partial charge on any atom is -0.393 e. The third-order valence-corrected chi connectivity index (χ3v) is 3.31. The van der Waals surface area contributed by atoms with E-state index in [1.54, 1.807) is 25.3 Å². The van der Waals surface area contributed by atoms with Gasteiger partial charge in [0.2, 0.25) is 0 Å². The maximum atomic E-state index is 12.0. The van der Waals surface area contributed by atoms with Crippen LogP contribution >= 0.6 is 15.9 Å². The summed E-state index contributed by atoms with van der Waals surface area (Å²) in [5.74, 6) is 0. The molecule has 20 heavy (non-hydrogen) atoms. The van der Waals surface area contributed by atoms with E-state index in [0.717, 1.165) is 4.47 Å². The first-order chi connectivity index (χ1) is 9.38. The van der Waals surface area contributed by atoms with Crippen molar-refractivity contribution in [3.8, 4) is 0 Å². The monoisotopic (exact) mass is 337 g/mol. The molecule has 0 amide bonds. The first-order valence-corrected chi connectivity index (χ1v) is 6.57. The topological polar surface area (TPSA) is 91.2 Å². The number of benzene rings is 1. The molecule has 0 atom stereocenters. The minimum atomic E-state index is -0.534. The molecule has 104 valence electrons. The summed E-state index contributed by atoms with van der Waals surface area (Å²) in [6.45, 7) is 1.97. The molecule has 0 saturated carbocycles. The standard InChI is InChI=1S/C13H12BrN3O3/c1-8-4-10(14)7-16(13(8)18)6-9-2-3-11(15)12(5-9)17(19)20/h2-5,7H,6,15H2,1H3. The molecule has 0 unspecified atom stereocenters. The van der Waals surface area contributed by atoms with E-state index < -0.39 is 4.92 Å². The van der Waals surface area contributed by atoms with Crippen molar-refractivity contribution in [1.29, 1.82) is 0 Å². The number of rotatable bonds is 3. The molecule has 0 fully saturated rings. The van der Waals surface area contributed by atoms with Crippen LogP contribution in [0.4, 0.5) is 11.4 Å². The molecule has 0 aliphatic carbocycles. The van der Waals surface area contributed by atoms with E-state index >= 15 is 0 Å². The first kappa shape index (κ1) is 14.3. The van der Waals surface area contributed by atoms with Crippen LogP contribution in [-0.2, 0) is 6.54 Å². The van der Waals surface area contributed by atoms with E-state index in [-0.39, 0.29) is 23.5 Å². The Morgan fingerprint density at radius 1 is 1.40 bits per heavy atom. The molecule has 1 heterocycles. The molecule has 1 aromatic heterocycles. The van der Waals surface area contributed by atoms with E-state index in [4.69, 9.17) is 5.73 Å². The normalized spacial score (nSPS) is 10.5. The van der Waals surface area contributed by atoms with Gasteiger partial charge in [0.05, 0.1) is 11.5 Å². The summed E-state index contributed by atoms with van der Waals surface area (Å²) in [6.07, 6.45) is 1.65. The molecule has 0 spiro atoms. The van der Waals surface area contributed by atoms with E-state index in [0.29, 0.717) is 11.1 Å². The van der Waals surface area contributed by atoms with Gasteiger partial charge in [-0.15, -0.1) is 0 Å². The van der Waals surface area contributed by atoms with Gasteiger partial charge in [-0.05, 0) is 40.5 Å². The fourth-order valence-electron chi connectivity index (χ4n) is 1.90. The number of nitro benzene ring substituents is 1. The minimum absolute atomic E-state index is 0.108. The van der Waals surface area contributed by atoms with Crippen LogP contribution in [0.25, 0.3) is 0 Å². The van der Waals surface area contributed by atoms with E-state index in [9.17, 15) is 14.9 Å². The average Bonchev–Trinajstić information content (AvgIpc) is 2.37. The summed E-state index contributed by atoms with van der Waals surface area (Å²) in [5.41, 5.74) is 6.61. The maximum absolute atomic E-state index is 12.0. The SMILES string of the molecule is Cc1cc(Br)cn(Cc2ccc(N)c([N+](=O)[O-])c2)c1=O. The third kappa shape index (κ3) is 2.88. The zero-order valence-electron chi connectivity index (χ0n) is 10.7. The van der Waals surface area contributed by atoms with Crippen LogP contribution < -0.4 is 11.3 Å². The number of hydrogen-bond donors (Lipinski definition) is 1. The summed E-state index contributed by atoms with van der Waals surface area (Å²) in [5, 5.41) is 10.9. The Balaban J connectivity index is 2.43. The molecule has 0 bridgehead atoms. The van der Waals surface area contributed by atoms with Crippen LogP contribution in [-0.4, -0.2) is 9.49 Å². The fourth-order valence-corrected chi connectivity index (χ4v) is 2.49. The summed E-state index contributed by atoms with van der Waals surface area (Å²) in [6, 6.07) is 6.26. The fraction of sp³-hybridized carbons (Fsp3) is 0.154. The number of aromatic nitrogens is 1. The van der Waals surface area contributed by atoms with E-state index in [2.05, 4.69) is 15.9 Å². The van der Waals surface area contributed by atoms with Crippen LogP contribution in [0.2, 0.25) is 0 Å². The number of hydrogen-bond acceptors (Lipinski definition) is 4. The third-order valence-electron chi connectivity index (χ3n) is 2.88. The first-order valence-electron chi connectivity index (χ1n) is 5.78. The molecular weight excluding hydrogens is 326 g/mol. The highest BCUT2D eigenvalue weighted by Gasteiger charge is 2.12. The summed E-state index contributed by atoms with van der Waals surface area (Å²) < 4.78 is 2.27. The molecule has 0 saturated heterocycles. The summed E-state index contributed by atoms with van der Waals surface area (Å²) in [7, 11) is 0. The highest BCUT2D eigenvalue weighted by atomic mass is 79.9. The lowest BCUT2D eigenvalue weighted by atomic mass is 10.1. The van der Waals surface area contributed by atoms with Gasteiger partial charge < -0.3 is 10.3 Å². The molecular formula is C13H12BrN3O3. The second kappa shape index (κ2) is 5.46. The summed E-state index contributed by atoms with van der Waals surface area (Å²) in [4.78, 5) is 22.3. The molecule has 1 aromatic carbocycles. The number of halogens is 1. The van der Waals surface area contributed by atoms with Gasteiger partial charge in [-0.1, -0.05) is 6.07 Å². The number of aryl methyl sites for hydroxylation is 1. The molecule has 0 radical (unpaired) electrons.